The Morgan fingerprint density at radius 1 is 1.18 bits per heavy atom. The number of nitrogens with two attached hydrogens (primary N) is 1. The van der Waals surface area contributed by atoms with Gasteiger partial charge in [0, 0.05) is 6.07 Å². The minimum absolute atomic E-state index is 0.0751. The van der Waals surface area contributed by atoms with Crippen molar-refractivity contribution in [3.63, 3.8) is 0 Å². The summed E-state index contributed by atoms with van der Waals surface area (Å²) in [6, 6.07) is 3.21. The first-order valence-corrected chi connectivity index (χ1v) is 5.30. The van der Waals surface area contributed by atoms with Crippen molar-refractivity contribution in [2.24, 2.45) is 5.73 Å². The van der Waals surface area contributed by atoms with Gasteiger partial charge in [-0.25, -0.2) is 0 Å². The quantitative estimate of drug-likeness (QED) is 0.756. The third-order valence-corrected chi connectivity index (χ3v) is 2.27. The lowest BCUT2D eigenvalue weighted by Crippen LogP contribution is -2.15. The molecule has 0 radical (unpaired) electrons. The van der Waals surface area contributed by atoms with E-state index in [1.165, 1.54) is 14.2 Å². The molecule has 0 amide bonds. The molecule has 0 spiro atoms. The van der Waals surface area contributed by atoms with Gasteiger partial charge in [0.25, 0.3) is 0 Å². The summed E-state index contributed by atoms with van der Waals surface area (Å²) in [5.74, 6) is 1.26. The number of carbonyl (C=O) groups excluding carboxylic acids is 1. The second-order valence-electron chi connectivity index (χ2n) is 3.26. The van der Waals surface area contributed by atoms with E-state index in [1.807, 2.05) is 6.92 Å². The molecule has 0 saturated heterocycles. The summed E-state index contributed by atoms with van der Waals surface area (Å²) in [4.78, 5) is 11.6. The number of Topliss-reactive ketones (excluding diaryl/α,β-unsaturated/α-hetero) is 1. The fourth-order valence-corrected chi connectivity index (χ4v) is 1.47. The Morgan fingerprint density at radius 2 is 1.82 bits per heavy atom. The molecule has 0 atom stereocenters. The maximum atomic E-state index is 11.6. The van der Waals surface area contributed by atoms with E-state index in [-0.39, 0.29) is 12.3 Å². The summed E-state index contributed by atoms with van der Waals surface area (Å²) in [6.07, 6.45) is 0. The molecule has 0 fully saturated rings. The van der Waals surface area contributed by atoms with Crippen molar-refractivity contribution in [3.8, 4) is 17.2 Å². The zero-order valence-corrected chi connectivity index (χ0v) is 10.3. The molecule has 1 rings (SSSR count). The van der Waals surface area contributed by atoms with Crippen molar-refractivity contribution >= 4 is 5.78 Å². The van der Waals surface area contributed by atoms with E-state index in [9.17, 15) is 4.79 Å². The Kier molecular flexibility index (Phi) is 4.78. The molecule has 1 aromatic carbocycles. The van der Waals surface area contributed by atoms with Crippen LogP contribution in [0.3, 0.4) is 0 Å². The summed E-state index contributed by atoms with van der Waals surface area (Å²) in [6.45, 7) is 2.27. The number of ketones is 1. The molecule has 5 heteroatoms. The molecule has 0 aromatic heterocycles. The Labute approximate surface area is 100 Å². The van der Waals surface area contributed by atoms with E-state index in [1.54, 1.807) is 12.1 Å². The standard InChI is InChI=1S/C12H17NO4/c1-4-17-12-5-8(9(14)7-13)10(15-2)6-11(12)16-3/h5-6H,4,7,13H2,1-3H3. The Bertz CT molecular complexity index is 404. The number of methoxy groups -OCH3 is 2. The lowest BCUT2D eigenvalue weighted by atomic mass is 10.1. The van der Waals surface area contributed by atoms with Gasteiger partial charge in [0.1, 0.15) is 5.75 Å². The molecule has 0 aliphatic carbocycles. The predicted octanol–water partition coefficient (Wildman–Crippen LogP) is 1.24. The first-order valence-electron chi connectivity index (χ1n) is 5.30. The molecule has 0 heterocycles. The fraction of sp³-hybridized carbons (Fsp3) is 0.417. The van der Waals surface area contributed by atoms with Gasteiger partial charge in [-0.05, 0) is 13.0 Å². The van der Waals surface area contributed by atoms with Gasteiger partial charge >= 0.3 is 0 Å². The van der Waals surface area contributed by atoms with Crippen LogP contribution in [0.25, 0.3) is 0 Å². The smallest absolute Gasteiger partial charge is 0.180 e. The van der Waals surface area contributed by atoms with Crippen LogP contribution in [0.5, 0.6) is 17.2 Å². The van der Waals surface area contributed by atoms with Crippen molar-refractivity contribution in [2.75, 3.05) is 27.4 Å². The summed E-state index contributed by atoms with van der Waals surface area (Å²) < 4.78 is 15.7. The van der Waals surface area contributed by atoms with Crippen LogP contribution >= 0.6 is 0 Å². The first kappa shape index (κ1) is 13.3. The molecule has 1 aromatic rings. The zero-order valence-electron chi connectivity index (χ0n) is 10.3. The molecule has 0 unspecified atom stereocenters. The molecule has 17 heavy (non-hydrogen) atoms. The normalized spacial score (nSPS) is 9.88. The summed E-state index contributed by atoms with van der Waals surface area (Å²) in [5, 5.41) is 0. The lowest BCUT2D eigenvalue weighted by Gasteiger charge is -2.13. The third-order valence-electron chi connectivity index (χ3n) is 2.27. The van der Waals surface area contributed by atoms with E-state index in [4.69, 9.17) is 19.9 Å². The highest BCUT2D eigenvalue weighted by molar-refractivity contribution is 6.00. The molecular weight excluding hydrogens is 222 g/mol. The van der Waals surface area contributed by atoms with E-state index in [2.05, 4.69) is 0 Å². The monoisotopic (exact) mass is 239 g/mol. The number of carbonyl (C=O) groups is 1. The number of ether oxygens (including phenoxy) is 3. The van der Waals surface area contributed by atoms with Gasteiger partial charge in [-0.3, -0.25) is 4.79 Å². The summed E-state index contributed by atoms with van der Waals surface area (Å²) >= 11 is 0. The van der Waals surface area contributed by atoms with E-state index >= 15 is 0 Å². The van der Waals surface area contributed by atoms with Gasteiger partial charge in [0.05, 0.1) is 32.9 Å². The van der Waals surface area contributed by atoms with Crippen LogP contribution in [0.1, 0.15) is 17.3 Å². The maximum Gasteiger partial charge on any atom is 0.180 e. The third kappa shape index (κ3) is 2.88. The second kappa shape index (κ2) is 6.10. The zero-order chi connectivity index (χ0) is 12.8. The molecule has 2 N–H and O–H groups in total. The topological polar surface area (TPSA) is 70.8 Å². The Hall–Kier alpha value is -1.75. The number of rotatable bonds is 6. The highest BCUT2D eigenvalue weighted by Gasteiger charge is 2.16. The van der Waals surface area contributed by atoms with Gasteiger partial charge in [0.2, 0.25) is 0 Å². The largest absolute Gasteiger partial charge is 0.496 e. The lowest BCUT2D eigenvalue weighted by molar-refractivity contribution is 0.0998. The van der Waals surface area contributed by atoms with Crippen molar-refractivity contribution < 1.29 is 19.0 Å². The van der Waals surface area contributed by atoms with Crippen molar-refractivity contribution in [1.29, 1.82) is 0 Å². The SMILES string of the molecule is CCOc1cc(C(=O)CN)c(OC)cc1OC. The van der Waals surface area contributed by atoms with Crippen molar-refractivity contribution in [2.45, 2.75) is 6.92 Å². The van der Waals surface area contributed by atoms with Crippen LogP contribution in [0.4, 0.5) is 0 Å². The number of hydrogen-bond acceptors (Lipinski definition) is 5. The van der Waals surface area contributed by atoms with Gasteiger partial charge in [-0.1, -0.05) is 0 Å². The van der Waals surface area contributed by atoms with E-state index < -0.39 is 0 Å². The number of benzene rings is 1. The molecular formula is C12H17NO4. The van der Waals surface area contributed by atoms with Gasteiger partial charge in [0.15, 0.2) is 17.3 Å². The number of hydrogen-bond donors (Lipinski definition) is 1. The summed E-state index contributed by atoms with van der Waals surface area (Å²) in [5.41, 5.74) is 5.75. The van der Waals surface area contributed by atoms with Gasteiger partial charge in [-0.15, -0.1) is 0 Å². The molecule has 0 saturated carbocycles. The minimum Gasteiger partial charge on any atom is -0.496 e. The van der Waals surface area contributed by atoms with Gasteiger partial charge < -0.3 is 19.9 Å². The van der Waals surface area contributed by atoms with Crippen LogP contribution in [0, 0.1) is 0 Å². The second-order valence-corrected chi connectivity index (χ2v) is 3.26. The predicted molar refractivity (Wildman–Crippen MR) is 64.1 cm³/mol. The van der Waals surface area contributed by atoms with Crippen LogP contribution in [0.2, 0.25) is 0 Å². The van der Waals surface area contributed by atoms with Crippen LogP contribution in [-0.4, -0.2) is 33.2 Å². The minimum atomic E-state index is -0.203. The Balaban J connectivity index is 3.28. The molecule has 0 bridgehead atoms. The molecule has 0 aliphatic rings. The van der Waals surface area contributed by atoms with Crippen LogP contribution < -0.4 is 19.9 Å². The Morgan fingerprint density at radius 3 is 2.29 bits per heavy atom. The van der Waals surface area contributed by atoms with Crippen LogP contribution in [0.15, 0.2) is 12.1 Å². The van der Waals surface area contributed by atoms with Crippen molar-refractivity contribution in [3.05, 3.63) is 17.7 Å². The maximum absolute atomic E-state index is 11.6. The van der Waals surface area contributed by atoms with Gasteiger partial charge in [-0.2, -0.15) is 0 Å². The summed E-state index contributed by atoms with van der Waals surface area (Å²) in [7, 11) is 3.02. The highest BCUT2D eigenvalue weighted by atomic mass is 16.5. The fourth-order valence-electron chi connectivity index (χ4n) is 1.47. The van der Waals surface area contributed by atoms with Crippen LogP contribution in [-0.2, 0) is 0 Å². The molecule has 94 valence electrons. The first-order chi connectivity index (χ1) is 8.17. The van der Waals surface area contributed by atoms with E-state index in [0.29, 0.717) is 29.4 Å². The average Bonchev–Trinajstić information content (AvgIpc) is 2.37. The highest BCUT2D eigenvalue weighted by Crippen LogP contribution is 2.34. The molecule has 5 nitrogen and oxygen atoms in total. The molecule has 0 aliphatic heterocycles. The van der Waals surface area contributed by atoms with E-state index in [0.717, 1.165) is 0 Å². The average molecular weight is 239 g/mol. The van der Waals surface area contributed by atoms with Crippen molar-refractivity contribution in [1.82, 2.24) is 0 Å².